The molecule has 9 heteroatoms. The van der Waals surface area contributed by atoms with Gasteiger partial charge in [0.05, 0.1) is 16.7 Å². The number of anilines is 1. The summed E-state index contributed by atoms with van der Waals surface area (Å²) in [6.45, 7) is 0.993. The van der Waals surface area contributed by atoms with Crippen LogP contribution in [0.25, 0.3) is 0 Å². The van der Waals surface area contributed by atoms with Crippen LogP contribution < -0.4 is 10.0 Å². The van der Waals surface area contributed by atoms with E-state index in [2.05, 4.69) is 26.9 Å². The molecule has 1 heterocycles. The quantitative estimate of drug-likeness (QED) is 0.501. The van der Waals surface area contributed by atoms with Gasteiger partial charge in [-0.3, -0.25) is 0 Å². The van der Waals surface area contributed by atoms with Gasteiger partial charge in [-0.2, -0.15) is 11.3 Å². The number of methoxy groups -OCH3 is 1. The largest absolute Gasteiger partial charge is 0.384 e. The molecule has 2 aliphatic rings. The van der Waals surface area contributed by atoms with Gasteiger partial charge in [0, 0.05) is 31.3 Å². The molecule has 0 saturated heterocycles. The van der Waals surface area contributed by atoms with Crippen LogP contribution in [0.3, 0.4) is 0 Å². The second kappa shape index (κ2) is 8.36. The average Bonchev–Trinajstić information content (AvgIpc) is 3.51. The molecule has 1 aromatic carbocycles. The Morgan fingerprint density at radius 1 is 1.28 bits per heavy atom. The van der Waals surface area contributed by atoms with Gasteiger partial charge in [0.15, 0.2) is 0 Å². The lowest BCUT2D eigenvalue weighted by molar-refractivity contribution is 0.137. The minimum Gasteiger partial charge on any atom is -0.384 e. The highest BCUT2D eigenvalue weighted by Gasteiger charge is 2.42. The van der Waals surface area contributed by atoms with Crippen LogP contribution in [-0.2, 0) is 14.8 Å². The summed E-state index contributed by atoms with van der Waals surface area (Å²) < 4.78 is 33.4. The maximum atomic E-state index is 12.8. The number of thiophene rings is 1. The number of benzene rings is 1. The topological polar surface area (TPSA) is 67.4 Å². The first-order valence-corrected chi connectivity index (χ1v) is 12.8. The first kappa shape index (κ1) is 21.4. The zero-order chi connectivity index (χ0) is 20.6. The fraction of sp³-hybridized carbons (Fsp3) is 0.500. The summed E-state index contributed by atoms with van der Waals surface area (Å²) in [4.78, 5) is -0.0619. The van der Waals surface area contributed by atoms with Gasteiger partial charge in [-0.25, -0.2) is 13.1 Å². The molecule has 0 radical (unpaired) electrons. The van der Waals surface area contributed by atoms with E-state index in [1.807, 2.05) is 0 Å². The molecule has 0 bridgehead atoms. The van der Waals surface area contributed by atoms with Crippen LogP contribution in [-0.4, -0.2) is 34.7 Å². The predicted molar refractivity (Wildman–Crippen MR) is 119 cm³/mol. The second-order valence-corrected chi connectivity index (χ2v) is 11.3. The molecule has 2 aromatic rings. The number of sulfonamides is 1. The lowest BCUT2D eigenvalue weighted by atomic mass is 10.0. The highest BCUT2D eigenvalue weighted by Crippen LogP contribution is 2.48. The van der Waals surface area contributed by atoms with E-state index in [4.69, 9.17) is 27.9 Å². The van der Waals surface area contributed by atoms with Crippen LogP contribution >= 0.6 is 34.5 Å². The lowest BCUT2D eigenvalue weighted by Crippen LogP contribution is -2.28. The van der Waals surface area contributed by atoms with Crippen LogP contribution in [0.2, 0.25) is 10.0 Å². The Morgan fingerprint density at radius 3 is 2.59 bits per heavy atom. The Bertz CT molecular complexity index is 953. The van der Waals surface area contributed by atoms with Gasteiger partial charge >= 0.3 is 0 Å². The van der Waals surface area contributed by atoms with Gasteiger partial charge in [-0.15, -0.1) is 0 Å². The summed E-state index contributed by atoms with van der Waals surface area (Å²) in [5.74, 6) is 0.478. The average molecular weight is 475 g/mol. The van der Waals surface area contributed by atoms with Gasteiger partial charge in [-0.1, -0.05) is 23.2 Å². The van der Waals surface area contributed by atoms with Crippen LogP contribution in [0.1, 0.15) is 37.2 Å². The lowest BCUT2D eigenvalue weighted by Gasteiger charge is -2.16. The van der Waals surface area contributed by atoms with Crippen molar-refractivity contribution in [2.75, 3.05) is 25.6 Å². The molecular weight excluding hydrogens is 451 g/mol. The van der Waals surface area contributed by atoms with Gasteiger partial charge in [0.25, 0.3) is 0 Å². The van der Waals surface area contributed by atoms with Gasteiger partial charge < -0.3 is 10.1 Å². The zero-order valence-corrected chi connectivity index (χ0v) is 19.2. The zero-order valence-electron chi connectivity index (χ0n) is 16.1. The standard InChI is InChI=1S/C20H24Cl2N2O3S2/c1-27-12-20(3-4-20)5-6-23-29(25,26)19-16(21)8-14(9-17(19)22)24-18-10-15(18)13-2-7-28-11-13/h2,7-9,11,15,18,23-24H,3-6,10,12H2,1H3/t15-,18+/m0/s1. The summed E-state index contributed by atoms with van der Waals surface area (Å²) in [5.41, 5.74) is 2.18. The second-order valence-electron chi connectivity index (χ2n) is 8.00. The third kappa shape index (κ3) is 4.92. The minimum absolute atomic E-state index is 0.0619. The third-order valence-corrected chi connectivity index (χ3v) is 8.82. The number of nitrogens with one attached hydrogen (secondary N) is 2. The van der Waals surface area contributed by atoms with Crippen molar-refractivity contribution in [3.05, 3.63) is 44.6 Å². The Kier molecular flexibility index (Phi) is 6.17. The number of halogens is 2. The molecule has 1 aromatic heterocycles. The van der Waals surface area contributed by atoms with Crippen molar-refractivity contribution in [1.29, 1.82) is 0 Å². The molecule has 0 spiro atoms. The molecule has 2 fully saturated rings. The molecule has 5 nitrogen and oxygen atoms in total. The molecular formula is C20H24Cl2N2O3S2. The molecule has 0 aliphatic heterocycles. The maximum absolute atomic E-state index is 12.8. The molecule has 2 N–H and O–H groups in total. The van der Waals surface area contributed by atoms with E-state index in [9.17, 15) is 8.42 Å². The van der Waals surface area contributed by atoms with Crippen molar-refractivity contribution < 1.29 is 13.2 Å². The van der Waals surface area contributed by atoms with E-state index in [-0.39, 0.29) is 20.4 Å². The number of hydrogen-bond acceptors (Lipinski definition) is 5. The fourth-order valence-electron chi connectivity index (χ4n) is 3.80. The van der Waals surface area contributed by atoms with Crippen molar-refractivity contribution >= 4 is 50.2 Å². The van der Waals surface area contributed by atoms with E-state index >= 15 is 0 Å². The normalized spacial score (nSPS) is 22.4. The highest BCUT2D eigenvalue weighted by atomic mass is 35.5. The van der Waals surface area contributed by atoms with E-state index in [0.29, 0.717) is 25.1 Å². The number of hydrogen-bond donors (Lipinski definition) is 2. The molecule has 2 atom stereocenters. The van der Waals surface area contributed by atoms with Crippen LogP contribution in [0.5, 0.6) is 0 Å². The molecule has 2 aliphatic carbocycles. The smallest absolute Gasteiger partial charge is 0.243 e. The van der Waals surface area contributed by atoms with E-state index < -0.39 is 10.0 Å². The molecule has 29 heavy (non-hydrogen) atoms. The first-order valence-electron chi connectivity index (χ1n) is 9.60. The predicted octanol–water partition coefficient (Wildman–Crippen LogP) is 5.12. The Hall–Kier alpha value is -0.830. The van der Waals surface area contributed by atoms with Gasteiger partial charge in [0.2, 0.25) is 10.0 Å². The monoisotopic (exact) mass is 474 g/mol. The SMILES string of the molecule is COCC1(CCNS(=O)(=O)c2c(Cl)cc(N[C@@H]3C[C@H]3c3ccsc3)cc2Cl)CC1. The molecule has 2 saturated carbocycles. The van der Waals surface area contributed by atoms with Crippen molar-refractivity contribution in [3.63, 3.8) is 0 Å². The van der Waals surface area contributed by atoms with Crippen LogP contribution in [0, 0.1) is 5.41 Å². The van der Waals surface area contributed by atoms with Crippen molar-refractivity contribution in [2.45, 2.75) is 42.5 Å². The molecule has 158 valence electrons. The maximum Gasteiger partial charge on any atom is 0.243 e. The Balaban J connectivity index is 1.40. The van der Waals surface area contributed by atoms with Crippen LogP contribution in [0.15, 0.2) is 33.9 Å². The summed E-state index contributed by atoms with van der Waals surface area (Å²) in [6.07, 6.45) is 3.91. The molecule has 0 amide bonds. The summed E-state index contributed by atoms with van der Waals surface area (Å²) in [7, 11) is -2.12. The number of rotatable bonds is 10. The van der Waals surface area contributed by atoms with Crippen LogP contribution in [0.4, 0.5) is 5.69 Å². The van der Waals surface area contributed by atoms with E-state index in [0.717, 1.165) is 31.4 Å². The van der Waals surface area contributed by atoms with Crippen molar-refractivity contribution in [3.8, 4) is 0 Å². The highest BCUT2D eigenvalue weighted by molar-refractivity contribution is 7.89. The van der Waals surface area contributed by atoms with Crippen molar-refractivity contribution in [1.82, 2.24) is 4.72 Å². The van der Waals surface area contributed by atoms with E-state index in [1.165, 1.54) is 5.56 Å². The first-order chi connectivity index (χ1) is 13.8. The summed E-state index contributed by atoms with van der Waals surface area (Å²) in [5, 5.41) is 7.89. The van der Waals surface area contributed by atoms with Gasteiger partial charge in [0.1, 0.15) is 4.90 Å². The minimum atomic E-state index is -3.79. The van der Waals surface area contributed by atoms with Gasteiger partial charge in [-0.05, 0) is 65.6 Å². The Labute approximate surface area is 185 Å². The number of ether oxygens (including phenoxy) is 1. The fourth-order valence-corrected chi connectivity index (χ4v) is 6.76. The summed E-state index contributed by atoms with van der Waals surface area (Å²) in [6, 6.07) is 5.72. The third-order valence-electron chi connectivity index (χ3n) is 5.74. The van der Waals surface area contributed by atoms with E-state index in [1.54, 1.807) is 30.6 Å². The summed E-state index contributed by atoms with van der Waals surface area (Å²) >= 11 is 14.3. The van der Waals surface area contributed by atoms with Crippen molar-refractivity contribution in [2.24, 2.45) is 5.41 Å². The Morgan fingerprint density at radius 2 is 2.00 bits per heavy atom. The molecule has 0 unspecified atom stereocenters. The molecule has 4 rings (SSSR count).